The third-order valence-electron chi connectivity index (χ3n) is 3.01. The Kier molecular flexibility index (Phi) is 3.64. The van der Waals surface area contributed by atoms with Crippen molar-refractivity contribution in [3.05, 3.63) is 23.8 Å². The first-order valence-corrected chi connectivity index (χ1v) is 6.06. The molecule has 0 atom stereocenters. The van der Waals surface area contributed by atoms with Crippen molar-refractivity contribution in [2.75, 3.05) is 29.9 Å². The molecular formula is C13H19N3O. The third kappa shape index (κ3) is 2.77. The Labute approximate surface area is 102 Å². The molecule has 4 nitrogen and oxygen atoms in total. The normalized spacial score (nSPS) is 15.2. The molecule has 0 fully saturated rings. The van der Waals surface area contributed by atoms with Gasteiger partial charge in [0.1, 0.15) is 0 Å². The number of amides is 1. The summed E-state index contributed by atoms with van der Waals surface area (Å²) in [6.07, 6.45) is 1.49. The molecule has 0 bridgehead atoms. The molecule has 3 N–H and O–H groups in total. The van der Waals surface area contributed by atoms with E-state index in [1.54, 1.807) is 0 Å². The molecule has 1 amide bonds. The summed E-state index contributed by atoms with van der Waals surface area (Å²) in [4.78, 5) is 13.8. The molecule has 1 aromatic carbocycles. The van der Waals surface area contributed by atoms with Crippen molar-refractivity contribution < 1.29 is 4.79 Å². The number of benzene rings is 1. The smallest absolute Gasteiger partial charge is 0.226 e. The number of rotatable bonds is 3. The number of aryl methyl sites for hydroxylation is 1. The average Bonchev–Trinajstić information content (AvgIpc) is 2.46. The lowest BCUT2D eigenvalue weighted by molar-refractivity contribution is -0.115. The minimum Gasteiger partial charge on any atom is -0.369 e. The summed E-state index contributed by atoms with van der Waals surface area (Å²) in [5.41, 5.74) is 8.79. The van der Waals surface area contributed by atoms with Crippen LogP contribution in [0.3, 0.4) is 0 Å². The molecule has 4 heteroatoms. The summed E-state index contributed by atoms with van der Waals surface area (Å²) in [5.74, 6) is 0.0883. The van der Waals surface area contributed by atoms with Gasteiger partial charge >= 0.3 is 0 Å². The Morgan fingerprint density at radius 3 is 3.06 bits per heavy atom. The molecule has 0 saturated carbocycles. The van der Waals surface area contributed by atoms with Crippen LogP contribution in [0, 0.1) is 6.92 Å². The minimum atomic E-state index is 0.0883. The number of nitrogens with one attached hydrogen (secondary N) is 1. The van der Waals surface area contributed by atoms with Gasteiger partial charge in [-0.3, -0.25) is 4.79 Å². The quantitative estimate of drug-likeness (QED) is 0.831. The number of fused-ring (bicyclic) bond motifs is 1. The van der Waals surface area contributed by atoms with Crippen LogP contribution in [0.1, 0.15) is 18.4 Å². The monoisotopic (exact) mass is 233 g/mol. The van der Waals surface area contributed by atoms with E-state index in [4.69, 9.17) is 5.73 Å². The molecule has 0 radical (unpaired) electrons. The molecule has 1 aliphatic heterocycles. The highest BCUT2D eigenvalue weighted by Crippen LogP contribution is 2.29. The Morgan fingerprint density at radius 1 is 1.47 bits per heavy atom. The van der Waals surface area contributed by atoms with E-state index in [1.165, 1.54) is 5.56 Å². The van der Waals surface area contributed by atoms with Gasteiger partial charge in [-0.25, -0.2) is 0 Å². The molecular weight excluding hydrogens is 214 g/mol. The van der Waals surface area contributed by atoms with Gasteiger partial charge in [0.15, 0.2) is 0 Å². The summed E-state index contributed by atoms with van der Waals surface area (Å²) in [5, 5.41) is 2.94. The lowest BCUT2D eigenvalue weighted by Crippen LogP contribution is -2.27. The fraction of sp³-hybridized carbons (Fsp3) is 0.462. The number of nitrogens with zero attached hydrogens (tertiary/aromatic N) is 1. The highest BCUT2D eigenvalue weighted by molar-refractivity contribution is 5.96. The van der Waals surface area contributed by atoms with Crippen molar-refractivity contribution >= 4 is 17.3 Å². The number of nitrogens with two attached hydrogens (primary N) is 1. The van der Waals surface area contributed by atoms with E-state index in [9.17, 15) is 4.79 Å². The highest BCUT2D eigenvalue weighted by atomic mass is 16.1. The van der Waals surface area contributed by atoms with Crippen LogP contribution in [0.15, 0.2) is 18.2 Å². The predicted octanol–water partition coefficient (Wildman–Crippen LogP) is 1.49. The van der Waals surface area contributed by atoms with E-state index in [1.807, 2.05) is 12.1 Å². The van der Waals surface area contributed by atoms with Crippen LogP contribution in [0.25, 0.3) is 0 Å². The molecule has 0 unspecified atom stereocenters. The van der Waals surface area contributed by atoms with Gasteiger partial charge in [0.05, 0.1) is 11.4 Å². The second-order valence-corrected chi connectivity index (χ2v) is 4.45. The van der Waals surface area contributed by atoms with Gasteiger partial charge in [-0.2, -0.15) is 0 Å². The van der Waals surface area contributed by atoms with Gasteiger partial charge in [-0.1, -0.05) is 6.07 Å². The lowest BCUT2D eigenvalue weighted by atomic mass is 10.1. The van der Waals surface area contributed by atoms with Crippen LogP contribution >= 0.6 is 0 Å². The van der Waals surface area contributed by atoms with E-state index in [0.29, 0.717) is 13.0 Å². The molecule has 1 aliphatic rings. The molecule has 0 spiro atoms. The highest BCUT2D eigenvalue weighted by Gasteiger charge is 2.18. The second kappa shape index (κ2) is 5.19. The zero-order chi connectivity index (χ0) is 12.3. The molecule has 2 rings (SSSR count). The van der Waals surface area contributed by atoms with Gasteiger partial charge in [-0.15, -0.1) is 0 Å². The Balaban J connectivity index is 2.30. The topological polar surface area (TPSA) is 58.4 Å². The van der Waals surface area contributed by atoms with Crippen LogP contribution in [0.4, 0.5) is 11.4 Å². The number of carbonyl (C=O) groups excluding carboxylic acids is 1. The summed E-state index contributed by atoms with van der Waals surface area (Å²) < 4.78 is 0. The van der Waals surface area contributed by atoms with E-state index in [0.717, 1.165) is 30.9 Å². The van der Waals surface area contributed by atoms with Gasteiger partial charge in [0.2, 0.25) is 5.91 Å². The number of hydrogen-bond acceptors (Lipinski definition) is 3. The molecule has 92 valence electrons. The minimum absolute atomic E-state index is 0.0883. The molecule has 0 aromatic heterocycles. The first-order valence-electron chi connectivity index (χ1n) is 6.06. The van der Waals surface area contributed by atoms with Crippen molar-refractivity contribution in [3.63, 3.8) is 0 Å². The fourth-order valence-electron chi connectivity index (χ4n) is 2.09. The molecule has 1 heterocycles. The van der Waals surface area contributed by atoms with Crippen molar-refractivity contribution in [1.29, 1.82) is 0 Å². The first kappa shape index (κ1) is 11.9. The van der Waals surface area contributed by atoms with E-state index in [-0.39, 0.29) is 5.91 Å². The standard InChI is InChI=1S/C13H19N3O/c1-10-3-4-11-12(9-10)16(7-2-6-14)8-5-13(17)15-11/h3-4,9H,2,5-8,14H2,1H3,(H,15,17). The summed E-state index contributed by atoms with van der Waals surface area (Å²) >= 11 is 0. The van der Waals surface area contributed by atoms with Gasteiger partial charge in [0, 0.05) is 19.5 Å². The van der Waals surface area contributed by atoms with Crippen LogP contribution in [-0.4, -0.2) is 25.5 Å². The van der Waals surface area contributed by atoms with E-state index in [2.05, 4.69) is 23.2 Å². The summed E-state index contributed by atoms with van der Waals surface area (Å²) in [6, 6.07) is 6.12. The lowest BCUT2D eigenvalue weighted by Gasteiger charge is -2.24. The number of anilines is 2. The second-order valence-electron chi connectivity index (χ2n) is 4.45. The van der Waals surface area contributed by atoms with Crippen LogP contribution in [0.2, 0.25) is 0 Å². The van der Waals surface area contributed by atoms with Crippen molar-refractivity contribution in [3.8, 4) is 0 Å². The fourth-order valence-corrected chi connectivity index (χ4v) is 2.09. The predicted molar refractivity (Wildman–Crippen MR) is 70.3 cm³/mol. The van der Waals surface area contributed by atoms with E-state index >= 15 is 0 Å². The number of carbonyl (C=O) groups is 1. The zero-order valence-corrected chi connectivity index (χ0v) is 10.2. The summed E-state index contributed by atoms with van der Waals surface area (Å²) in [7, 11) is 0. The first-order chi connectivity index (χ1) is 8.20. The van der Waals surface area contributed by atoms with Crippen LogP contribution in [-0.2, 0) is 4.79 Å². The third-order valence-corrected chi connectivity index (χ3v) is 3.01. The largest absolute Gasteiger partial charge is 0.369 e. The van der Waals surface area contributed by atoms with Gasteiger partial charge < -0.3 is 16.0 Å². The maximum atomic E-state index is 11.6. The molecule has 0 saturated heterocycles. The Hall–Kier alpha value is -1.55. The maximum Gasteiger partial charge on any atom is 0.226 e. The molecule has 1 aromatic rings. The van der Waals surface area contributed by atoms with E-state index < -0.39 is 0 Å². The SMILES string of the molecule is Cc1ccc2c(c1)N(CCCN)CCC(=O)N2. The molecule has 17 heavy (non-hydrogen) atoms. The van der Waals surface area contributed by atoms with Crippen molar-refractivity contribution in [2.24, 2.45) is 5.73 Å². The van der Waals surface area contributed by atoms with Gasteiger partial charge in [0.25, 0.3) is 0 Å². The van der Waals surface area contributed by atoms with Crippen LogP contribution in [0.5, 0.6) is 0 Å². The van der Waals surface area contributed by atoms with Crippen molar-refractivity contribution in [1.82, 2.24) is 0 Å². The number of hydrogen-bond donors (Lipinski definition) is 2. The Morgan fingerprint density at radius 2 is 2.29 bits per heavy atom. The average molecular weight is 233 g/mol. The van der Waals surface area contributed by atoms with Gasteiger partial charge in [-0.05, 0) is 37.6 Å². The van der Waals surface area contributed by atoms with Crippen molar-refractivity contribution in [2.45, 2.75) is 19.8 Å². The Bertz CT molecular complexity index is 417. The molecule has 0 aliphatic carbocycles. The van der Waals surface area contributed by atoms with Crippen LogP contribution < -0.4 is 16.0 Å². The zero-order valence-electron chi connectivity index (χ0n) is 10.2. The maximum absolute atomic E-state index is 11.6. The summed E-state index contributed by atoms with van der Waals surface area (Å²) in [6.45, 7) is 4.41.